The maximum Gasteiger partial charge on any atom is 0.252 e. The number of hydrogen-bond donors (Lipinski definition) is 2. The third-order valence-corrected chi connectivity index (χ3v) is 3.04. The lowest BCUT2D eigenvalue weighted by molar-refractivity contribution is 0.805. The molecule has 1 aromatic carbocycles. The summed E-state index contributed by atoms with van der Waals surface area (Å²) in [7, 11) is 1.82. The van der Waals surface area contributed by atoms with Crippen molar-refractivity contribution in [3.8, 4) is 11.3 Å². The number of nitrogens with one attached hydrogen (secondary N) is 2. The van der Waals surface area contributed by atoms with Crippen molar-refractivity contribution in [1.29, 1.82) is 0 Å². The molecule has 0 aliphatic carbocycles. The predicted octanol–water partition coefficient (Wildman–Crippen LogP) is 2.52. The molecule has 1 heterocycles. The molecule has 0 aliphatic rings. The lowest BCUT2D eigenvalue weighted by Gasteiger charge is -2.04. The second-order valence-corrected chi connectivity index (χ2v) is 4.68. The van der Waals surface area contributed by atoms with Gasteiger partial charge in [-0.3, -0.25) is 4.79 Å². The van der Waals surface area contributed by atoms with E-state index in [-0.39, 0.29) is 5.56 Å². The lowest BCUT2D eigenvalue weighted by atomic mass is 10.1. The van der Waals surface area contributed by atoms with E-state index < -0.39 is 0 Å². The van der Waals surface area contributed by atoms with Gasteiger partial charge in [-0.25, -0.2) is 0 Å². The van der Waals surface area contributed by atoms with Crippen molar-refractivity contribution in [2.24, 2.45) is 0 Å². The first-order valence-electron chi connectivity index (χ1n) is 5.33. The highest BCUT2D eigenvalue weighted by Crippen LogP contribution is 2.18. The molecule has 4 heteroatoms. The largest absolute Gasteiger partial charge is 0.322 e. The Labute approximate surface area is 108 Å². The summed E-state index contributed by atoms with van der Waals surface area (Å²) in [5, 5.41) is 2.97. The number of H-pyrrole nitrogens is 1. The summed E-state index contributed by atoms with van der Waals surface area (Å²) in [6.45, 7) is 0.579. The van der Waals surface area contributed by atoms with Crippen LogP contribution in [0.25, 0.3) is 11.3 Å². The molecule has 0 spiro atoms. The number of rotatable bonds is 3. The summed E-state index contributed by atoms with van der Waals surface area (Å²) < 4.78 is 1.02. The van der Waals surface area contributed by atoms with Crippen LogP contribution >= 0.6 is 15.9 Å². The van der Waals surface area contributed by atoms with E-state index >= 15 is 0 Å². The molecule has 0 fully saturated rings. The Morgan fingerprint density at radius 3 is 2.47 bits per heavy atom. The third-order valence-electron chi connectivity index (χ3n) is 2.51. The molecular formula is C13H13BrN2O. The van der Waals surface area contributed by atoms with E-state index in [0.29, 0.717) is 6.54 Å². The molecule has 0 amide bonds. The van der Waals surface area contributed by atoms with Crippen LogP contribution in [-0.2, 0) is 6.54 Å². The van der Waals surface area contributed by atoms with Gasteiger partial charge in [0, 0.05) is 22.3 Å². The van der Waals surface area contributed by atoms with Gasteiger partial charge in [-0.05, 0) is 30.8 Å². The fraction of sp³-hybridized carbons (Fsp3) is 0.154. The molecule has 88 valence electrons. The molecule has 2 aromatic rings. The van der Waals surface area contributed by atoms with Crippen LogP contribution in [0.15, 0.2) is 45.7 Å². The van der Waals surface area contributed by atoms with Gasteiger partial charge in [0.05, 0.1) is 0 Å². The van der Waals surface area contributed by atoms with Gasteiger partial charge in [0.25, 0.3) is 5.56 Å². The number of aromatic nitrogens is 1. The van der Waals surface area contributed by atoms with Gasteiger partial charge in [0.1, 0.15) is 0 Å². The van der Waals surface area contributed by atoms with Gasteiger partial charge in [-0.2, -0.15) is 0 Å². The number of benzene rings is 1. The maximum atomic E-state index is 11.8. The Morgan fingerprint density at radius 2 is 1.88 bits per heavy atom. The van der Waals surface area contributed by atoms with Crippen LogP contribution < -0.4 is 10.9 Å². The molecule has 0 atom stereocenters. The lowest BCUT2D eigenvalue weighted by Crippen LogP contribution is -2.18. The van der Waals surface area contributed by atoms with E-state index in [1.807, 2.05) is 43.4 Å². The molecule has 1 aromatic heterocycles. The van der Waals surface area contributed by atoms with Crippen molar-refractivity contribution >= 4 is 15.9 Å². The molecule has 0 aliphatic heterocycles. The van der Waals surface area contributed by atoms with Gasteiger partial charge in [-0.1, -0.05) is 34.1 Å². The van der Waals surface area contributed by atoms with E-state index in [2.05, 4.69) is 26.2 Å². The van der Waals surface area contributed by atoms with Crippen LogP contribution in [0.2, 0.25) is 0 Å². The zero-order valence-corrected chi connectivity index (χ0v) is 11.0. The van der Waals surface area contributed by atoms with Crippen LogP contribution in [0.1, 0.15) is 5.56 Å². The van der Waals surface area contributed by atoms with E-state index in [9.17, 15) is 4.79 Å². The Hall–Kier alpha value is -1.39. The Morgan fingerprint density at radius 1 is 1.18 bits per heavy atom. The van der Waals surface area contributed by atoms with Crippen molar-refractivity contribution in [1.82, 2.24) is 10.3 Å². The number of hydrogen-bond acceptors (Lipinski definition) is 2. The van der Waals surface area contributed by atoms with Crippen LogP contribution in [0, 0.1) is 0 Å². The minimum absolute atomic E-state index is 0.0419. The average molecular weight is 293 g/mol. The van der Waals surface area contributed by atoms with E-state index in [0.717, 1.165) is 21.3 Å². The van der Waals surface area contributed by atoms with Crippen molar-refractivity contribution in [2.75, 3.05) is 7.05 Å². The van der Waals surface area contributed by atoms with Crippen molar-refractivity contribution < 1.29 is 0 Å². The topological polar surface area (TPSA) is 44.9 Å². The molecule has 3 nitrogen and oxygen atoms in total. The Kier molecular flexibility index (Phi) is 3.76. The summed E-state index contributed by atoms with van der Waals surface area (Å²) in [5.74, 6) is 0. The fourth-order valence-electron chi connectivity index (χ4n) is 1.63. The fourth-order valence-corrected chi connectivity index (χ4v) is 1.90. The normalized spacial score (nSPS) is 10.5. The minimum atomic E-state index is -0.0419. The first-order chi connectivity index (χ1) is 8.20. The van der Waals surface area contributed by atoms with E-state index in [1.54, 1.807) is 0 Å². The first kappa shape index (κ1) is 12.1. The molecule has 0 unspecified atom stereocenters. The van der Waals surface area contributed by atoms with Crippen LogP contribution in [0.4, 0.5) is 0 Å². The first-order valence-corrected chi connectivity index (χ1v) is 6.13. The molecule has 0 saturated heterocycles. The maximum absolute atomic E-state index is 11.8. The molecular weight excluding hydrogens is 280 g/mol. The zero-order chi connectivity index (χ0) is 12.3. The monoisotopic (exact) mass is 292 g/mol. The van der Waals surface area contributed by atoms with E-state index in [4.69, 9.17) is 0 Å². The second kappa shape index (κ2) is 5.29. The molecule has 2 N–H and O–H groups in total. The molecule has 0 radical (unpaired) electrons. The summed E-state index contributed by atoms with van der Waals surface area (Å²) in [6, 6.07) is 11.6. The van der Waals surface area contributed by atoms with Crippen LogP contribution in [-0.4, -0.2) is 12.0 Å². The highest BCUT2D eigenvalue weighted by molar-refractivity contribution is 9.10. The average Bonchev–Trinajstić information content (AvgIpc) is 2.33. The summed E-state index contributed by atoms with van der Waals surface area (Å²) in [6.07, 6.45) is 0. The zero-order valence-electron chi connectivity index (χ0n) is 9.46. The number of aromatic amines is 1. The molecule has 0 bridgehead atoms. The standard InChI is InChI=1S/C13H13BrN2O/c1-15-8-10-4-7-12(16-13(10)17)9-2-5-11(14)6-3-9/h2-7,15H,8H2,1H3,(H,16,17). The summed E-state index contributed by atoms with van der Waals surface area (Å²) in [5.41, 5.74) is 2.54. The minimum Gasteiger partial charge on any atom is -0.322 e. The van der Waals surface area contributed by atoms with Gasteiger partial charge >= 0.3 is 0 Å². The molecule has 0 saturated carbocycles. The van der Waals surface area contributed by atoms with Gasteiger partial charge in [0.15, 0.2) is 0 Å². The quantitative estimate of drug-likeness (QED) is 0.913. The number of pyridine rings is 1. The predicted molar refractivity (Wildman–Crippen MR) is 73.0 cm³/mol. The smallest absolute Gasteiger partial charge is 0.252 e. The van der Waals surface area contributed by atoms with Crippen molar-refractivity contribution in [3.05, 3.63) is 56.8 Å². The van der Waals surface area contributed by atoms with Gasteiger partial charge in [0.2, 0.25) is 0 Å². The van der Waals surface area contributed by atoms with Crippen molar-refractivity contribution in [2.45, 2.75) is 6.54 Å². The summed E-state index contributed by atoms with van der Waals surface area (Å²) in [4.78, 5) is 14.7. The second-order valence-electron chi connectivity index (χ2n) is 3.76. The number of halogens is 1. The summed E-state index contributed by atoms with van der Waals surface area (Å²) >= 11 is 3.38. The Bertz CT molecular complexity index is 560. The molecule has 2 rings (SSSR count). The van der Waals surface area contributed by atoms with Crippen molar-refractivity contribution in [3.63, 3.8) is 0 Å². The van der Waals surface area contributed by atoms with Crippen LogP contribution in [0.5, 0.6) is 0 Å². The Balaban J connectivity index is 2.37. The SMILES string of the molecule is CNCc1ccc(-c2ccc(Br)cc2)[nH]c1=O. The van der Waals surface area contributed by atoms with E-state index in [1.165, 1.54) is 0 Å². The highest BCUT2D eigenvalue weighted by Gasteiger charge is 2.02. The van der Waals surface area contributed by atoms with Gasteiger partial charge < -0.3 is 10.3 Å². The van der Waals surface area contributed by atoms with Crippen LogP contribution in [0.3, 0.4) is 0 Å². The third kappa shape index (κ3) is 2.84. The highest BCUT2D eigenvalue weighted by atomic mass is 79.9. The molecule has 17 heavy (non-hydrogen) atoms. The van der Waals surface area contributed by atoms with Gasteiger partial charge in [-0.15, -0.1) is 0 Å².